The van der Waals surface area contributed by atoms with E-state index in [1.54, 1.807) is 12.1 Å². The number of benzene rings is 1. The molecule has 0 aliphatic carbocycles. The van der Waals surface area contributed by atoms with Crippen LogP contribution in [0.1, 0.15) is 37.0 Å². The van der Waals surface area contributed by atoms with Gasteiger partial charge < -0.3 is 15.2 Å². The molecule has 0 saturated carbocycles. The van der Waals surface area contributed by atoms with Gasteiger partial charge in [0.15, 0.2) is 5.69 Å². The number of nitrogens with one attached hydrogen (secondary N) is 2. The van der Waals surface area contributed by atoms with Crippen molar-refractivity contribution in [2.24, 2.45) is 5.41 Å². The number of rotatable bonds is 4. The Labute approximate surface area is 180 Å². The van der Waals surface area contributed by atoms with Crippen molar-refractivity contribution in [3.63, 3.8) is 0 Å². The van der Waals surface area contributed by atoms with Crippen LogP contribution < -0.4 is 10.6 Å². The lowest BCUT2D eigenvalue weighted by Crippen LogP contribution is -2.53. The normalized spacial score (nSPS) is 15.4. The quantitative estimate of drug-likeness (QED) is 0.773. The number of carbonyl (C=O) groups excluding carboxylic acids is 2. The van der Waals surface area contributed by atoms with Gasteiger partial charge in [-0.1, -0.05) is 32.4 Å². The van der Waals surface area contributed by atoms with Gasteiger partial charge in [-0.3, -0.25) is 14.5 Å². The SMILES string of the molecule is CNC(=O)C(NC(=O)c1nc(-c2ccc(Cl)cc2F)n2c1CN(C)CC2)C(C)(C)C. The molecule has 2 aromatic rings. The molecule has 1 aliphatic heterocycles. The molecule has 0 spiro atoms. The lowest BCUT2D eigenvalue weighted by molar-refractivity contribution is -0.124. The van der Waals surface area contributed by atoms with E-state index in [9.17, 15) is 14.0 Å². The summed E-state index contributed by atoms with van der Waals surface area (Å²) in [6.45, 7) is 7.43. The lowest BCUT2D eigenvalue weighted by Gasteiger charge is -2.30. The molecule has 1 aromatic heterocycles. The molecule has 0 saturated heterocycles. The molecule has 1 unspecified atom stereocenters. The molecule has 3 rings (SSSR count). The zero-order valence-corrected chi connectivity index (χ0v) is 18.6. The second kappa shape index (κ2) is 8.35. The first kappa shape index (κ1) is 22.2. The van der Waals surface area contributed by atoms with Crippen molar-refractivity contribution in [3.05, 3.63) is 40.4 Å². The summed E-state index contributed by atoms with van der Waals surface area (Å²) in [5.41, 5.74) is 0.666. The van der Waals surface area contributed by atoms with Crippen LogP contribution >= 0.6 is 11.6 Å². The van der Waals surface area contributed by atoms with Crippen molar-refractivity contribution >= 4 is 23.4 Å². The molecule has 7 nitrogen and oxygen atoms in total. The second-order valence-corrected chi connectivity index (χ2v) is 9.07. The number of aromatic nitrogens is 2. The monoisotopic (exact) mass is 435 g/mol. The van der Waals surface area contributed by atoms with E-state index < -0.39 is 23.2 Å². The summed E-state index contributed by atoms with van der Waals surface area (Å²) in [7, 11) is 3.48. The molecule has 1 aromatic carbocycles. The van der Waals surface area contributed by atoms with Gasteiger partial charge in [0.1, 0.15) is 17.7 Å². The maximum absolute atomic E-state index is 14.6. The van der Waals surface area contributed by atoms with E-state index in [0.717, 1.165) is 6.54 Å². The minimum Gasteiger partial charge on any atom is -0.357 e. The van der Waals surface area contributed by atoms with Gasteiger partial charge in [-0.05, 0) is 30.7 Å². The predicted molar refractivity (Wildman–Crippen MR) is 114 cm³/mol. The summed E-state index contributed by atoms with van der Waals surface area (Å²) in [4.78, 5) is 32.1. The third-order valence-electron chi connectivity index (χ3n) is 5.23. The number of hydrogen-bond acceptors (Lipinski definition) is 4. The highest BCUT2D eigenvalue weighted by Crippen LogP contribution is 2.30. The van der Waals surface area contributed by atoms with Crippen LogP contribution in [0.3, 0.4) is 0 Å². The largest absolute Gasteiger partial charge is 0.357 e. The average molecular weight is 436 g/mol. The Morgan fingerprint density at radius 2 is 1.97 bits per heavy atom. The number of nitrogens with zero attached hydrogens (tertiary/aromatic N) is 3. The molecule has 162 valence electrons. The van der Waals surface area contributed by atoms with E-state index in [1.165, 1.54) is 13.1 Å². The number of likely N-dealkylation sites (N-methyl/N-ethyl adjacent to an activating group) is 2. The summed E-state index contributed by atoms with van der Waals surface area (Å²) in [5.74, 6) is -0.869. The molecule has 2 amide bonds. The van der Waals surface area contributed by atoms with Crippen LogP contribution in [0, 0.1) is 11.2 Å². The van der Waals surface area contributed by atoms with Crippen molar-refractivity contribution in [2.75, 3.05) is 20.6 Å². The van der Waals surface area contributed by atoms with Crippen LogP contribution in [0.15, 0.2) is 18.2 Å². The van der Waals surface area contributed by atoms with E-state index in [4.69, 9.17) is 11.6 Å². The summed E-state index contributed by atoms with van der Waals surface area (Å²) in [6.07, 6.45) is 0. The van der Waals surface area contributed by atoms with Gasteiger partial charge in [0.05, 0.1) is 11.3 Å². The third kappa shape index (κ3) is 4.34. The van der Waals surface area contributed by atoms with Gasteiger partial charge in [0.2, 0.25) is 5.91 Å². The highest BCUT2D eigenvalue weighted by Gasteiger charge is 2.35. The number of amides is 2. The Hall–Kier alpha value is -2.45. The van der Waals surface area contributed by atoms with E-state index >= 15 is 0 Å². The topological polar surface area (TPSA) is 79.3 Å². The van der Waals surface area contributed by atoms with E-state index in [-0.39, 0.29) is 22.2 Å². The molecule has 30 heavy (non-hydrogen) atoms. The Morgan fingerprint density at radius 1 is 1.27 bits per heavy atom. The van der Waals surface area contributed by atoms with E-state index in [2.05, 4.69) is 20.5 Å². The molecule has 9 heteroatoms. The van der Waals surface area contributed by atoms with E-state index in [1.807, 2.05) is 32.4 Å². The highest BCUT2D eigenvalue weighted by molar-refractivity contribution is 6.30. The van der Waals surface area contributed by atoms with Crippen LogP contribution in [0.4, 0.5) is 4.39 Å². The van der Waals surface area contributed by atoms with Gasteiger partial charge >= 0.3 is 0 Å². The number of carbonyl (C=O) groups is 2. The predicted octanol–water partition coefficient (Wildman–Crippen LogP) is 2.68. The Kier molecular flexibility index (Phi) is 6.19. The first-order valence-corrected chi connectivity index (χ1v) is 10.2. The Balaban J connectivity index is 2.05. The number of hydrogen-bond donors (Lipinski definition) is 2. The summed E-state index contributed by atoms with van der Waals surface area (Å²) in [6, 6.07) is 3.64. The van der Waals surface area contributed by atoms with Crippen molar-refractivity contribution in [3.8, 4) is 11.4 Å². The van der Waals surface area contributed by atoms with Gasteiger partial charge in [0.25, 0.3) is 5.91 Å². The van der Waals surface area contributed by atoms with Crippen LogP contribution in [0.2, 0.25) is 5.02 Å². The van der Waals surface area contributed by atoms with Crippen LogP contribution in [-0.2, 0) is 17.9 Å². The van der Waals surface area contributed by atoms with Crippen molar-refractivity contribution in [1.82, 2.24) is 25.1 Å². The summed E-state index contributed by atoms with van der Waals surface area (Å²) < 4.78 is 16.5. The summed E-state index contributed by atoms with van der Waals surface area (Å²) in [5, 5.41) is 5.70. The molecule has 1 aliphatic rings. The highest BCUT2D eigenvalue weighted by atomic mass is 35.5. The molecule has 0 fully saturated rings. The molecule has 2 heterocycles. The number of halogens is 2. The molecule has 2 N–H and O–H groups in total. The van der Waals surface area contributed by atoms with Crippen molar-refractivity contribution in [2.45, 2.75) is 39.9 Å². The zero-order valence-electron chi connectivity index (χ0n) is 17.8. The van der Waals surface area contributed by atoms with Crippen LogP contribution in [0.25, 0.3) is 11.4 Å². The number of fused-ring (bicyclic) bond motifs is 1. The smallest absolute Gasteiger partial charge is 0.272 e. The summed E-state index contributed by atoms with van der Waals surface area (Å²) >= 11 is 5.89. The maximum atomic E-state index is 14.6. The fraction of sp³-hybridized carbons (Fsp3) is 0.476. The van der Waals surface area contributed by atoms with Crippen molar-refractivity contribution < 1.29 is 14.0 Å². The van der Waals surface area contributed by atoms with Gasteiger partial charge in [-0.25, -0.2) is 9.37 Å². The molecule has 0 bridgehead atoms. The number of imidazole rings is 1. The molecular formula is C21H27ClFN5O2. The minimum absolute atomic E-state index is 0.198. The third-order valence-corrected chi connectivity index (χ3v) is 5.47. The maximum Gasteiger partial charge on any atom is 0.272 e. The Bertz CT molecular complexity index is 983. The van der Waals surface area contributed by atoms with Gasteiger partial charge in [-0.2, -0.15) is 0 Å². The zero-order chi connectivity index (χ0) is 22.2. The standard InChI is InChI=1S/C21H27ClFN5O2/c1-21(2,3)17(20(30)24-4)26-19(29)16-15-11-27(5)8-9-28(15)18(25-16)13-7-6-12(22)10-14(13)23/h6-7,10,17H,8-9,11H2,1-5H3,(H,24,30)(H,26,29). The first-order chi connectivity index (χ1) is 14.0. The van der Waals surface area contributed by atoms with E-state index in [0.29, 0.717) is 24.6 Å². The fourth-order valence-electron chi connectivity index (χ4n) is 3.57. The molecule has 0 radical (unpaired) electrons. The molecular weight excluding hydrogens is 409 g/mol. The fourth-order valence-corrected chi connectivity index (χ4v) is 3.73. The van der Waals surface area contributed by atoms with Crippen LogP contribution in [0.5, 0.6) is 0 Å². The second-order valence-electron chi connectivity index (χ2n) is 8.63. The Morgan fingerprint density at radius 3 is 2.57 bits per heavy atom. The minimum atomic E-state index is -0.746. The average Bonchev–Trinajstić information content (AvgIpc) is 3.03. The first-order valence-electron chi connectivity index (χ1n) is 9.78. The van der Waals surface area contributed by atoms with Gasteiger partial charge in [-0.15, -0.1) is 0 Å². The van der Waals surface area contributed by atoms with Crippen LogP contribution in [-0.4, -0.2) is 52.9 Å². The van der Waals surface area contributed by atoms with Gasteiger partial charge in [0, 0.05) is 31.7 Å². The van der Waals surface area contributed by atoms with Crippen molar-refractivity contribution in [1.29, 1.82) is 0 Å². The lowest BCUT2D eigenvalue weighted by atomic mass is 9.86. The molecule has 1 atom stereocenters.